The Labute approximate surface area is 94.0 Å². The molecule has 1 amide bonds. The Kier molecular flexibility index (Phi) is 5.03. The van der Waals surface area contributed by atoms with E-state index in [0.717, 1.165) is 12.5 Å². The topological polar surface area (TPSA) is 29.1 Å². The van der Waals surface area contributed by atoms with E-state index in [4.69, 9.17) is 0 Å². The summed E-state index contributed by atoms with van der Waals surface area (Å²) in [6, 6.07) is 0. The predicted octanol–water partition coefficient (Wildman–Crippen LogP) is 2.28. The first kappa shape index (κ1) is 11.6. The van der Waals surface area contributed by atoms with Gasteiger partial charge < -0.3 is 5.32 Å². The maximum atomic E-state index is 11.1. The number of amides is 1. The van der Waals surface area contributed by atoms with Gasteiger partial charge in [0, 0.05) is 28.4 Å². The molecule has 1 fully saturated rings. The van der Waals surface area contributed by atoms with Gasteiger partial charge in [-0.3, -0.25) is 4.79 Å². The number of carbonyl (C=O) groups is 1. The molecule has 1 aliphatic rings. The molecule has 0 aromatic heterocycles. The van der Waals surface area contributed by atoms with Crippen molar-refractivity contribution in [2.24, 2.45) is 11.8 Å². The van der Waals surface area contributed by atoms with Crippen LogP contribution in [0.25, 0.3) is 0 Å². The molecule has 1 rings (SSSR count). The highest BCUT2D eigenvalue weighted by Gasteiger charge is 2.18. The minimum atomic E-state index is -0.180. The number of hydrogen-bond acceptors (Lipinski definition) is 1. The predicted molar refractivity (Wildman–Crippen MR) is 60.8 cm³/mol. The molecule has 0 aromatic rings. The summed E-state index contributed by atoms with van der Waals surface area (Å²) in [4.78, 5) is 13.5. The highest BCUT2D eigenvalue weighted by atomic mass is 79.9. The molecule has 1 saturated carbocycles. The molecule has 0 heterocycles. The van der Waals surface area contributed by atoms with Crippen LogP contribution in [-0.2, 0) is 4.79 Å². The van der Waals surface area contributed by atoms with Crippen LogP contribution in [-0.4, -0.2) is 12.5 Å². The molecule has 2 unspecified atom stereocenters. The molecule has 0 radical (unpaired) electrons. The summed E-state index contributed by atoms with van der Waals surface area (Å²) in [5.74, 6) is 3.70. The smallest absolute Gasteiger partial charge is 0.296 e. The summed E-state index contributed by atoms with van der Waals surface area (Å²) in [5, 5.41) is 2.83. The molecule has 2 atom stereocenters. The van der Waals surface area contributed by atoms with Crippen LogP contribution in [0.3, 0.4) is 0 Å². The Hall–Kier alpha value is -0.490. The van der Waals surface area contributed by atoms with Gasteiger partial charge in [-0.1, -0.05) is 19.8 Å². The van der Waals surface area contributed by atoms with Gasteiger partial charge in [0.25, 0.3) is 5.91 Å². The standard InChI is InChI=1S/C11H16BrNO/c1-9-3-2-4-10(7-9)8-13-11(14)5-6-12/h9-10H,2-4,7-8H2,1H3,(H,13,14). The molecule has 0 aromatic carbocycles. The van der Waals surface area contributed by atoms with Crippen LogP contribution in [0.15, 0.2) is 0 Å². The van der Waals surface area contributed by atoms with Crippen LogP contribution < -0.4 is 5.32 Å². The average Bonchev–Trinajstić information content (AvgIpc) is 2.15. The van der Waals surface area contributed by atoms with Crippen LogP contribution in [0.4, 0.5) is 0 Å². The first-order valence-corrected chi connectivity index (χ1v) is 5.91. The highest BCUT2D eigenvalue weighted by molar-refractivity contribution is 9.12. The van der Waals surface area contributed by atoms with Crippen molar-refractivity contribution in [2.45, 2.75) is 32.6 Å². The summed E-state index contributed by atoms with van der Waals surface area (Å²) < 4.78 is 0. The van der Waals surface area contributed by atoms with Crippen molar-refractivity contribution in [3.05, 3.63) is 0 Å². The Bertz CT molecular complexity index is 254. The summed E-state index contributed by atoms with van der Waals surface area (Å²) >= 11 is 2.90. The quantitative estimate of drug-likeness (QED) is 0.756. The van der Waals surface area contributed by atoms with Gasteiger partial charge in [0.15, 0.2) is 0 Å². The van der Waals surface area contributed by atoms with Gasteiger partial charge in [-0.05, 0) is 29.5 Å². The molecular weight excluding hydrogens is 242 g/mol. The zero-order chi connectivity index (χ0) is 10.4. The van der Waals surface area contributed by atoms with Crippen molar-refractivity contribution in [3.63, 3.8) is 0 Å². The van der Waals surface area contributed by atoms with Crippen molar-refractivity contribution in [2.75, 3.05) is 6.54 Å². The fraction of sp³-hybridized carbons (Fsp3) is 0.727. The van der Waals surface area contributed by atoms with Gasteiger partial charge in [-0.25, -0.2) is 0 Å². The van der Waals surface area contributed by atoms with Gasteiger partial charge >= 0.3 is 0 Å². The van der Waals surface area contributed by atoms with E-state index in [1.807, 2.05) is 0 Å². The molecule has 0 aliphatic heterocycles. The molecule has 1 N–H and O–H groups in total. The van der Waals surface area contributed by atoms with Crippen LogP contribution in [0.5, 0.6) is 0 Å². The van der Waals surface area contributed by atoms with Crippen LogP contribution in [0, 0.1) is 22.6 Å². The summed E-state index contributed by atoms with van der Waals surface area (Å²) in [6.45, 7) is 3.07. The van der Waals surface area contributed by atoms with E-state index in [1.54, 1.807) is 0 Å². The minimum Gasteiger partial charge on any atom is -0.345 e. The second kappa shape index (κ2) is 6.08. The van der Waals surface area contributed by atoms with E-state index in [-0.39, 0.29) is 5.91 Å². The van der Waals surface area contributed by atoms with Crippen molar-refractivity contribution in [1.29, 1.82) is 0 Å². The number of halogens is 1. The van der Waals surface area contributed by atoms with Crippen molar-refractivity contribution in [1.82, 2.24) is 5.32 Å². The second-order valence-electron chi connectivity index (χ2n) is 4.07. The normalized spacial score (nSPS) is 26.1. The molecule has 0 spiro atoms. The van der Waals surface area contributed by atoms with Crippen molar-refractivity contribution in [3.8, 4) is 10.8 Å². The van der Waals surface area contributed by atoms with E-state index in [1.165, 1.54) is 25.7 Å². The summed E-state index contributed by atoms with van der Waals surface area (Å²) in [5.41, 5.74) is 0. The third-order valence-corrected chi connectivity index (χ3v) is 2.96. The average molecular weight is 258 g/mol. The largest absolute Gasteiger partial charge is 0.345 e. The molecular formula is C11H16BrNO. The van der Waals surface area contributed by atoms with Gasteiger partial charge in [-0.15, -0.1) is 0 Å². The SMILES string of the molecule is CC1CCCC(CNC(=O)C#CBr)C1. The molecule has 3 heteroatoms. The molecule has 0 saturated heterocycles. The monoisotopic (exact) mass is 257 g/mol. The summed E-state index contributed by atoms with van der Waals surface area (Å²) in [6.07, 6.45) is 5.12. The van der Waals surface area contributed by atoms with E-state index in [0.29, 0.717) is 5.92 Å². The van der Waals surface area contributed by atoms with E-state index in [9.17, 15) is 4.79 Å². The van der Waals surface area contributed by atoms with Crippen molar-refractivity contribution < 1.29 is 4.79 Å². The molecule has 1 aliphatic carbocycles. The second-order valence-corrected chi connectivity index (χ2v) is 4.46. The maximum absolute atomic E-state index is 11.1. The number of nitrogens with one attached hydrogen (secondary N) is 1. The van der Waals surface area contributed by atoms with E-state index >= 15 is 0 Å². The lowest BCUT2D eigenvalue weighted by Crippen LogP contribution is -2.30. The fourth-order valence-electron chi connectivity index (χ4n) is 2.07. The number of hydrogen-bond donors (Lipinski definition) is 1. The Balaban J connectivity index is 2.22. The van der Waals surface area contributed by atoms with Crippen LogP contribution in [0.2, 0.25) is 0 Å². The molecule has 14 heavy (non-hydrogen) atoms. The number of rotatable bonds is 2. The number of carbonyl (C=O) groups excluding carboxylic acids is 1. The summed E-state index contributed by atoms with van der Waals surface area (Å²) in [7, 11) is 0. The highest BCUT2D eigenvalue weighted by Crippen LogP contribution is 2.27. The lowest BCUT2D eigenvalue weighted by molar-refractivity contribution is -0.115. The third kappa shape index (κ3) is 4.15. The van der Waals surface area contributed by atoms with Crippen molar-refractivity contribution >= 4 is 21.8 Å². The lowest BCUT2D eigenvalue weighted by atomic mass is 9.82. The molecule has 78 valence electrons. The van der Waals surface area contributed by atoms with E-state index < -0.39 is 0 Å². The molecule has 0 bridgehead atoms. The maximum Gasteiger partial charge on any atom is 0.296 e. The Morgan fingerprint density at radius 1 is 1.57 bits per heavy atom. The Morgan fingerprint density at radius 2 is 2.36 bits per heavy atom. The zero-order valence-electron chi connectivity index (χ0n) is 8.48. The Morgan fingerprint density at radius 3 is 3.00 bits per heavy atom. The minimum absolute atomic E-state index is 0.180. The van der Waals surface area contributed by atoms with Gasteiger partial charge in [0.05, 0.1) is 0 Å². The van der Waals surface area contributed by atoms with Gasteiger partial charge in [0.2, 0.25) is 0 Å². The molecule has 2 nitrogen and oxygen atoms in total. The first-order chi connectivity index (χ1) is 6.72. The van der Waals surface area contributed by atoms with Gasteiger partial charge in [0.1, 0.15) is 0 Å². The van der Waals surface area contributed by atoms with E-state index in [2.05, 4.69) is 38.9 Å². The lowest BCUT2D eigenvalue weighted by Gasteiger charge is -2.26. The third-order valence-electron chi connectivity index (χ3n) is 2.76. The van der Waals surface area contributed by atoms with Crippen LogP contribution in [0.1, 0.15) is 32.6 Å². The first-order valence-electron chi connectivity index (χ1n) is 5.12. The van der Waals surface area contributed by atoms with Gasteiger partial charge in [-0.2, -0.15) is 0 Å². The fourth-order valence-corrected chi connectivity index (χ4v) is 2.25. The van der Waals surface area contributed by atoms with Crippen LogP contribution >= 0.6 is 15.9 Å². The zero-order valence-corrected chi connectivity index (χ0v) is 10.1.